The van der Waals surface area contributed by atoms with Crippen LogP contribution in [0.4, 0.5) is 4.79 Å². The van der Waals surface area contributed by atoms with E-state index in [9.17, 15) is 18.0 Å². The lowest BCUT2D eigenvalue weighted by atomic mass is 9.93. The van der Waals surface area contributed by atoms with Gasteiger partial charge in [-0.1, -0.05) is 18.2 Å². The van der Waals surface area contributed by atoms with Crippen molar-refractivity contribution in [3.05, 3.63) is 64.9 Å². The van der Waals surface area contributed by atoms with Crippen molar-refractivity contribution in [2.45, 2.75) is 56.1 Å². The first-order valence-electron chi connectivity index (χ1n) is 12.7. The van der Waals surface area contributed by atoms with Crippen molar-refractivity contribution < 1.29 is 22.7 Å². The minimum atomic E-state index is -4.02. The fourth-order valence-electron chi connectivity index (χ4n) is 4.31. The summed E-state index contributed by atoms with van der Waals surface area (Å²) in [5.41, 5.74) is 0.794. The molecule has 0 spiro atoms. The molecule has 39 heavy (non-hydrogen) atoms. The zero-order valence-electron chi connectivity index (χ0n) is 22.1. The van der Waals surface area contributed by atoms with Gasteiger partial charge >= 0.3 is 12.0 Å². The SMILES string of the molecule is CC(C)(C)OC(=O)[C@H](CNC(=O)N1CCC(c2ccc3cc(Br)cnc3n2)CC1)NS(=O)(=O)c1ccccc1. The third-order valence-electron chi connectivity index (χ3n) is 6.23. The van der Waals surface area contributed by atoms with Crippen LogP contribution in [0.3, 0.4) is 0 Å². The number of fused-ring (bicyclic) bond motifs is 1. The van der Waals surface area contributed by atoms with E-state index in [0.717, 1.165) is 28.4 Å². The molecule has 1 aliphatic heterocycles. The van der Waals surface area contributed by atoms with Crippen molar-refractivity contribution in [1.82, 2.24) is 24.9 Å². The van der Waals surface area contributed by atoms with Gasteiger partial charge in [0.2, 0.25) is 10.0 Å². The van der Waals surface area contributed by atoms with E-state index >= 15 is 0 Å². The van der Waals surface area contributed by atoms with Crippen LogP contribution in [0.2, 0.25) is 0 Å². The summed E-state index contributed by atoms with van der Waals surface area (Å²) in [5, 5.41) is 3.66. The van der Waals surface area contributed by atoms with E-state index in [2.05, 4.69) is 31.0 Å². The van der Waals surface area contributed by atoms with Crippen LogP contribution >= 0.6 is 15.9 Å². The van der Waals surface area contributed by atoms with Crippen molar-refractivity contribution in [3.8, 4) is 0 Å². The molecular weight excluding hydrogens is 586 g/mol. The second-order valence-electron chi connectivity index (χ2n) is 10.4. The lowest BCUT2D eigenvalue weighted by Crippen LogP contribution is -2.53. The summed E-state index contributed by atoms with van der Waals surface area (Å²) in [6, 6.07) is 12.0. The number of carbonyl (C=O) groups excluding carboxylic acids is 2. The summed E-state index contributed by atoms with van der Waals surface area (Å²) >= 11 is 3.42. The summed E-state index contributed by atoms with van der Waals surface area (Å²) in [4.78, 5) is 36.6. The van der Waals surface area contributed by atoms with Crippen molar-refractivity contribution >= 4 is 49.0 Å². The molecule has 1 aromatic carbocycles. The van der Waals surface area contributed by atoms with Crippen molar-refractivity contribution in [2.75, 3.05) is 19.6 Å². The van der Waals surface area contributed by atoms with E-state index in [1.807, 2.05) is 18.2 Å². The Labute approximate surface area is 236 Å². The fourth-order valence-corrected chi connectivity index (χ4v) is 5.86. The number of halogens is 1. The van der Waals surface area contributed by atoms with Crippen LogP contribution in [0, 0.1) is 0 Å². The number of amides is 2. The first-order chi connectivity index (χ1) is 18.4. The normalized spacial score (nSPS) is 15.6. The molecule has 1 saturated heterocycles. The van der Waals surface area contributed by atoms with Gasteiger partial charge in [0.15, 0.2) is 5.65 Å². The predicted octanol–water partition coefficient (Wildman–Crippen LogP) is 3.97. The van der Waals surface area contributed by atoms with Gasteiger partial charge in [0.1, 0.15) is 11.6 Å². The third kappa shape index (κ3) is 7.74. The van der Waals surface area contributed by atoms with Crippen molar-refractivity contribution in [3.63, 3.8) is 0 Å². The number of nitrogens with zero attached hydrogens (tertiary/aromatic N) is 3. The van der Waals surface area contributed by atoms with Crippen LogP contribution in [-0.2, 0) is 19.6 Å². The molecule has 208 valence electrons. The molecule has 2 amide bonds. The molecule has 0 saturated carbocycles. The Hall–Kier alpha value is -3.09. The number of rotatable bonds is 7. The van der Waals surface area contributed by atoms with E-state index in [4.69, 9.17) is 9.72 Å². The quantitative estimate of drug-likeness (QED) is 0.384. The monoisotopic (exact) mass is 617 g/mol. The molecule has 2 N–H and O–H groups in total. The molecule has 10 nitrogen and oxygen atoms in total. The number of likely N-dealkylation sites (tertiary alicyclic amines) is 1. The van der Waals surface area contributed by atoms with Gasteiger partial charge in [-0.3, -0.25) is 4.79 Å². The first-order valence-corrected chi connectivity index (χ1v) is 14.9. The molecule has 0 bridgehead atoms. The largest absolute Gasteiger partial charge is 0.459 e. The highest BCUT2D eigenvalue weighted by atomic mass is 79.9. The molecule has 0 aliphatic carbocycles. The lowest BCUT2D eigenvalue weighted by Gasteiger charge is -2.32. The predicted molar refractivity (Wildman–Crippen MR) is 151 cm³/mol. The Morgan fingerprint density at radius 3 is 2.49 bits per heavy atom. The number of pyridine rings is 2. The average molecular weight is 619 g/mol. The highest BCUT2D eigenvalue weighted by molar-refractivity contribution is 9.10. The Bertz CT molecular complexity index is 1440. The number of esters is 1. The van der Waals surface area contributed by atoms with E-state index in [-0.39, 0.29) is 23.4 Å². The summed E-state index contributed by atoms with van der Waals surface area (Å²) in [6.07, 6.45) is 3.16. The molecular formula is C27H32BrN5O5S. The van der Waals surface area contributed by atoms with Crippen molar-refractivity contribution in [1.29, 1.82) is 0 Å². The summed E-state index contributed by atoms with van der Waals surface area (Å²) in [5.74, 6) is -0.583. The molecule has 0 unspecified atom stereocenters. The Kier molecular flexibility index (Phi) is 8.87. The number of urea groups is 1. The van der Waals surface area contributed by atoms with E-state index in [0.29, 0.717) is 18.7 Å². The molecule has 12 heteroatoms. The maximum Gasteiger partial charge on any atom is 0.326 e. The second-order valence-corrected chi connectivity index (χ2v) is 13.0. The zero-order chi connectivity index (χ0) is 28.2. The highest BCUT2D eigenvalue weighted by Gasteiger charge is 2.31. The van der Waals surface area contributed by atoms with Gasteiger partial charge < -0.3 is 15.0 Å². The summed E-state index contributed by atoms with van der Waals surface area (Å²) in [6.45, 7) is 5.81. The summed E-state index contributed by atoms with van der Waals surface area (Å²) in [7, 11) is -4.02. The van der Waals surface area contributed by atoms with Crippen LogP contribution in [-0.4, -0.2) is 66.6 Å². The van der Waals surface area contributed by atoms with E-state index < -0.39 is 27.6 Å². The number of piperidine rings is 1. The standard InChI is InChI=1S/C27H32BrN5O5S/c1-27(2,3)38-25(34)23(32-39(36,37)21-7-5-4-6-8-21)17-30-26(35)33-13-11-18(12-14-33)22-10-9-19-15-20(28)16-29-24(19)31-22/h4-10,15-16,18,23,32H,11-14,17H2,1-3H3,(H,30,35)/t23-/m0/s1. The van der Waals surface area contributed by atoms with E-state index in [1.165, 1.54) is 12.1 Å². The van der Waals surface area contributed by atoms with Crippen LogP contribution in [0.1, 0.15) is 45.2 Å². The molecule has 1 atom stereocenters. The lowest BCUT2D eigenvalue weighted by molar-refractivity contribution is -0.156. The van der Waals surface area contributed by atoms with E-state index in [1.54, 1.807) is 50.1 Å². The Balaban J connectivity index is 1.37. The third-order valence-corrected chi connectivity index (χ3v) is 8.15. The summed E-state index contributed by atoms with van der Waals surface area (Å²) < 4.78 is 34.4. The van der Waals surface area contributed by atoms with Gasteiger partial charge in [-0.05, 0) is 79.9 Å². The zero-order valence-corrected chi connectivity index (χ0v) is 24.5. The number of carbonyl (C=O) groups is 2. The van der Waals surface area contributed by atoms with Gasteiger partial charge in [0.25, 0.3) is 0 Å². The molecule has 2 aromatic heterocycles. The van der Waals surface area contributed by atoms with Gasteiger partial charge in [0.05, 0.1) is 4.90 Å². The van der Waals surface area contributed by atoms with Gasteiger partial charge in [-0.2, -0.15) is 4.72 Å². The van der Waals surface area contributed by atoms with Gasteiger partial charge in [-0.15, -0.1) is 0 Å². The fraction of sp³-hybridized carbons (Fsp3) is 0.407. The second kappa shape index (κ2) is 12.0. The molecule has 3 aromatic rings. The number of nitrogens with one attached hydrogen (secondary N) is 2. The number of hydrogen-bond donors (Lipinski definition) is 2. The smallest absolute Gasteiger partial charge is 0.326 e. The number of sulfonamides is 1. The maximum absolute atomic E-state index is 13.0. The van der Waals surface area contributed by atoms with Crippen LogP contribution in [0.15, 0.2) is 64.1 Å². The first kappa shape index (κ1) is 28.9. The van der Waals surface area contributed by atoms with Crippen LogP contribution < -0.4 is 10.0 Å². The topological polar surface area (TPSA) is 131 Å². The maximum atomic E-state index is 13.0. The number of benzene rings is 1. The van der Waals surface area contributed by atoms with Gasteiger partial charge in [-0.25, -0.2) is 23.2 Å². The van der Waals surface area contributed by atoms with Crippen LogP contribution in [0.25, 0.3) is 11.0 Å². The number of hydrogen-bond acceptors (Lipinski definition) is 7. The molecule has 1 fully saturated rings. The minimum Gasteiger partial charge on any atom is -0.459 e. The number of aromatic nitrogens is 2. The number of ether oxygens (including phenoxy) is 1. The van der Waals surface area contributed by atoms with Crippen molar-refractivity contribution in [2.24, 2.45) is 0 Å². The minimum absolute atomic E-state index is 0.0112. The van der Waals surface area contributed by atoms with Gasteiger partial charge in [0, 0.05) is 47.3 Å². The Morgan fingerprint density at radius 1 is 1.13 bits per heavy atom. The Morgan fingerprint density at radius 2 is 1.82 bits per heavy atom. The molecule has 1 aliphatic rings. The molecule has 4 rings (SSSR count). The highest BCUT2D eigenvalue weighted by Crippen LogP contribution is 2.28. The van der Waals surface area contributed by atoms with Crippen LogP contribution in [0.5, 0.6) is 0 Å². The molecule has 3 heterocycles. The average Bonchev–Trinajstić information content (AvgIpc) is 2.90. The molecule has 0 radical (unpaired) electrons.